The molecule has 0 unspecified atom stereocenters. The van der Waals surface area contributed by atoms with Crippen LogP contribution in [-0.2, 0) is 22.5 Å². The van der Waals surface area contributed by atoms with Crippen LogP contribution in [0.3, 0.4) is 0 Å². The SMILES string of the molecule is COC(=O)c1ccc(CN2CC[C@@H]3[C@@H](CCCN3C(=O)Cc3nc(-c4ccccc4)n[nH]3)C2)cc1. The Balaban J connectivity index is 1.18. The molecule has 5 rings (SSSR count). The third kappa shape index (κ3) is 5.27. The maximum Gasteiger partial charge on any atom is 0.337 e. The second-order valence-corrected chi connectivity index (χ2v) is 9.42. The van der Waals surface area contributed by atoms with Crippen molar-refractivity contribution in [3.8, 4) is 11.4 Å². The molecule has 2 saturated heterocycles. The zero-order chi connectivity index (χ0) is 24.2. The smallest absolute Gasteiger partial charge is 0.337 e. The van der Waals surface area contributed by atoms with Crippen molar-refractivity contribution >= 4 is 11.9 Å². The number of methoxy groups -OCH3 is 1. The minimum atomic E-state index is -0.314. The van der Waals surface area contributed by atoms with Crippen molar-refractivity contribution in [2.75, 3.05) is 26.7 Å². The summed E-state index contributed by atoms with van der Waals surface area (Å²) >= 11 is 0. The number of ether oxygens (including phenoxy) is 1. The number of likely N-dealkylation sites (tertiary alicyclic amines) is 2. The van der Waals surface area contributed by atoms with Crippen LogP contribution in [0, 0.1) is 5.92 Å². The molecule has 0 aliphatic carbocycles. The number of benzene rings is 2. The molecule has 1 aromatic heterocycles. The molecule has 0 radical (unpaired) electrons. The average Bonchev–Trinajstić information content (AvgIpc) is 3.37. The van der Waals surface area contributed by atoms with Gasteiger partial charge in [0.05, 0.1) is 19.1 Å². The van der Waals surface area contributed by atoms with Crippen LogP contribution in [0.4, 0.5) is 0 Å². The molecule has 0 spiro atoms. The lowest BCUT2D eigenvalue weighted by atomic mass is 9.83. The van der Waals surface area contributed by atoms with Gasteiger partial charge in [-0.25, -0.2) is 9.78 Å². The number of carbonyl (C=O) groups is 2. The van der Waals surface area contributed by atoms with Crippen LogP contribution in [0.15, 0.2) is 54.6 Å². The van der Waals surface area contributed by atoms with E-state index < -0.39 is 0 Å². The van der Waals surface area contributed by atoms with E-state index in [-0.39, 0.29) is 24.3 Å². The number of H-pyrrole nitrogens is 1. The van der Waals surface area contributed by atoms with E-state index in [4.69, 9.17) is 4.74 Å². The average molecular weight is 474 g/mol. The predicted molar refractivity (Wildman–Crippen MR) is 131 cm³/mol. The van der Waals surface area contributed by atoms with Crippen molar-refractivity contribution in [3.05, 3.63) is 71.5 Å². The fraction of sp³-hybridized carbons (Fsp3) is 0.407. The molecule has 2 fully saturated rings. The topological polar surface area (TPSA) is 91.4 Å². The number of esters is 1. The summed E-state index contributed by atoms with van der Waals surface area (Å²) < 4.78 is 4.78. The molecule has 1 amide bonds. The van der Waals surface area contributed by atoms with Crippen molar-refractivity contribution in [3.63, 3.8) is 0 Å². The molecule has 0 bridgehead atoms. The highest BCUT2D eigenvalue weighted by molar-refractivity contribution is 5.89. The van der Waals surface area contributed by atoms with Crippen molar-refractivity contribution in [1.82, 2.24) is 25.0 Å². The number of nitrogens with zero attached hydrogens (tertiary/aromatic N) is 4. The van der Waals surface area contributed by atoms with Crippen LogP contribution >= 0.6 is 0 Å². The van der Waals surface area contributed by atoms with Gasteiger partial charge in [-0.2, -0.15) is 5.10 Å². The molecular formula is C27H31N5O3. The van der Waals surface area contributed by atoms with E-state index in [0.29, 0.717) is 23.1 Å². The summed E-state index contributed by atoms with van der Waals surface area (Å²) in [4.78, 5) is 34.0. The molecule has 35 heavy (non-hydrogen) atoms. The van der Waals surface area contributed by atoms with Gasteiger partial charge in [-0.1, -0.05) is 42.5 Å². The highest BCUT2D eigenvalue weighted by Crippen LogP contribution is 2.31. The first-order chi connectivity index (χ1) is 17.1. The Hall–Kier alpha value is -3.52. The summed E-state index contributed by atoms with van der Waals surface area (Å²) in [5.74, 6) is 1.53. The lowest BCUT2D eigenvalue weighted by molar-refractivity contribution is -0.137. The third-order valence-corrected chi connectivity index (χ3v) is 7.14. The first-order valence-electron chi connectivity index (χ1n) is 12.3. The van der Waals surface area contributed by atoms with Gasteiger partial charge >= 0.3 is 5.97 Å². The first-order valence-corrected chi connectivity index (χ1v) is 12.3. The van der Waals surface area contributed by atoms with E-state index in [2.05, 4.69) is 25.0 Å². The van der Waals surface area contributed by atoms with Crippen LogP contribution in [0.25, 0.3) is 11.4 Å². The van der Waals surface area contributed by atoms with E-state index in [0.717, 1.165) is 51.0 Å². The van der Waals surface area contributed by atoms with Gasteiger partial charge in [0.1, 0.15) is 5.82 Å². The van der Waals surface area contributed by atoms with Crippen LogP contribution in [0.1, 0.15) is 41.0 Å². The number of hydrogen-bond acceptors (Lipinski definition) is 6. The minimum absolute atomic E-state index is 0.127. The Bertz CT molecular complexity index is 1160. The first kappa shape index (κ1) is 23.2. The van der Waals surface area contributed by atoms with Gasteiger partial charge in [0, 0.05) is 37.8 Å². The van der Waals surface area contributed by atoms with Gasteiger partial charge in [0.2, 0.25) is 5.91 Å². The van der Waals surface area contributed by atoms with Crippen molar-refractivity contribution in [2.24, 2.45) is 5.92 Å². The minimum Gasteiger partial charge on any atom is -0.465 e. The van der Waals surface area contributed by atoms with Crippen molar-refractivity contribution in [1.29, 1.82) is 0 Å². The summed E-state index contributed by atoms with van der Waals surface area (Å²) in [5, 5.41) is 7.25. The number of amides is 1. The zero-order valence-corrected chi connectivity index (χ0v) is 20.0. The van der Waals surface area contributed by atoms with Gasteiger partial charge in [-0.3, -0.25) is 14.8 Å². The number of carbonyl (C=O) groups excluding carboxylic acids is 2. The number of nitrogens with one attached hydrogen (secondary N) is 1. The molecule has 0 saturated carbocycles. The molecular weight excluding hydrogens is 442 g/mol. The fourth-order valence-electron chi connectivity index (χ4n) is 5.39. The standard InChI is InChI=1S/C27H31N5O3/c1-35-27(34)21-11-9-19(10-12-21)17-31-15-13-23-22(18-31)8-5-14-32(23)25(33)16-24-28-26(30-29-24)20-6-3-2-4-7-20/h2-4,6-7,9-12,22-23H,5,8,13-18H2,1H3,(H,28,29,30)/t22-,23+/m0/s1. The number of piperidine rings is 2. The largest absolute Gasteiger partial charge is 0.465 e. The van der Waals surface area contributed by atoms with E-state index in [9.17, 15) is 9.59 Å². The van der Waals surface area contributed by atoms with Crippen LogP contribution in [-0.4, -0.2) is 69.6 Å². The number of aromatic nitrogens is 3. The predicted octanol–water partition coefficient (Wildman–Crippen LogP) is 3.31. The zero-order valence-electron chi connectivity index (χ0n) is 20.0. The molecule has 182 valence electrons. The van der Waals surface area contributed by atoms with Crippen LogP contribution < -0.4 is 0 Å². The van der Waals surface area contributed by atoms with E-state index >= 15 is 0 Å². The molecule has 2 aromatic carbocycles. The summed E-state index contributed by atoms with van der Waals surface area (Å²) in [6.45, 7) is 3.59. The second-order valence-electron chi connectivity index (χ2n) is 9.42. The highest BCUT2D eigenvalue weighted by atomic mass is 16.5. The third-order valence-electron chi connectivity index (χ3n) is 7.14. The second kappa shape index (κ2) is 10.4. The maximum atomic E-state index is 13.2. The normalized spacial score (nSPS) is 20.3. The summed E-state index contributed by atoms with van der Waals surface area (Å²) in [6.07, 6.45) is 3.40. The van der Waals surface area contributed by atoms with Crippen LogP contribution in [0.5, 0.6) is 0 Å². The molecule has 8 heteroatoms. The molecule has 8 nitrogen and oxygen atoms in total. The lowest BCUT2D eigenvalue weighted by Gasteiger charge is -2.47. The molecule has 3 aromatic rings. The lowest BCUT2D eigenvalue weighted by Crippen LogP contribution is -2.55. The highest BCUT2D eigenvalue weighted by Gasteiger charge is 2.38. The Labute approximate surface area is 205 Å². The number of fused-ring (bicyclic) bond motifs is 1. The number of rotatable bonds is 6. The number of hydrogen-bond donors (Lipinski definition) is 1. The van der Waals surface area contributed by atoms with E-state index in [1.165, 1.54) is 12.7 Å². The van der Waals surface area contributed by atoms with E-state index in [1.807, 2.05) is 54.6 Å². The van der Waals surface area contributed by atoms with Gasteiger partial charge < -0.3 is 9.64 Å². The summed E-state index contributed by atoms with van der Waals surface area (Å²) in [6, 6.07) is 17.7. The van der Waals surface area contributed by atoms with E-state index in [1.54, 1.807) is 0 Å². The maximum absolute atomic E-state index is 13.2. The summed E-state index contributed by atoms with van der Waals surface area (Å²) in [7, 11) is 1.39. The van der Waals surface area contributed by atoms with Gasteiger partial charge in [-0.15, -0.1) is 0 Å². The summed E-state index contributed by atoms with van der Waals surface area (Å²) in [5.41, 5.74) is 2.69. The molecule has 3 heterocycles. The molecule has 2 aliphatic rings. The Kier molecular flexibility index (Phi) is 6.90. The number of aromatic amines is 1. The fourth-order valence-corrected chi connectivity index (χ4v) is 5.39. The van der Waals surface area contributed by atoms with Gasteiger partial charge in [0.25, 0.3) is 0 Å². The Morgan fingerprint density at radius 3 is 2.63 bits per heavy atom. The molecule has 2 atom stereocenters. The van der Waals surface area contributed by atoms with Crippen LogP contribution in [0.2, 0.25) is 0 Å². The Morgan fingerprint density at radius 2 is 1.86 bits per heavy atom. The monoisotopic (exact) mass is 473 g/mol. The molecule has 1 N–H and O–H groups in total. The Morgan fingerprint density at radius 1 is 1.06 bits per heavy atom. The van der Waals surface area contributed by atoms with Gasteiger partial charge in [-0.05, 0) is 42.9 Å². The van der Waals surface area contributed by atoms with Crippen molar-refractivity contribution in [2.45, 2.75) is 38.3 Å². The quantitative estimate of drug-likeness (QED) is 0.553. The van der Waals surface area contributed by atoms with Gasteiger partial charge in [0.15, 0.2) is 5.82 Å². The van der Waals surface area contributed by atoms with Crippen molar-refractivity contribution < 1.29 is 14.3 Å². The molecule has 2 aliphatic heterocycles.